The third-order valence-electron chi connectivity index (χ3n) is 5.42. The quantitative estimate of drug-likeness (QED) is 0.833. The maximum absolute atomic E-state index is 12.7. The number of carbonyl (C=O) groups is 1. The Balaban J connectivity index is 1.16. The summed E-state index contributed by atoms with van der Waals surface area (Å²) in [4.78, 5) is 14.5. The van der Waals surface area contributed by atoms with Gasteiger partial charge in [-0.2, -0.15) is 0 Å². The van der Waals surface area contributed by atoms with Gasteiger partial charge < -0.3 is 29.2 Å². The number of nitrogens with one attached hydrogen (secondary N) is 1. The number of ether oxygens (including phenoxy) is 4. The minimum Gasteiger partial charge on any atom is -0.454 e. The van der Waals surface area contributed by atoms with E-state index in [1.54, 1.807) is 17.0 Å². The standard InChI is InChI=1S/C20H22N4O5/c25-19(24-7-5-20(6-8-24)28-9-10-29-20)15-2-4-18(23-22-15)21-12-14-1-3-16-17(11-14)27-13-26-16/h1-4,11H,5-10,12-13H2,(H,21,23). The van der Waals surface area contributed by atoms with Gasteiger partial charge in [-0.05, 0) is 29.8 Å². The van der Waals surface area contributed by atoms with E-state index in [9.17, 15) is 4.79 Å². The lowest BCUT2D eigenvalue weighted by Crippen LogP contribution is -2.47. The van der Waals surface area contributed by atoms with Crippen molar-refractivity contribution in [3.63, 3.8) is 0 Å². The summed E-state index contributed by atoms with van der Waals surface area (Å²) in [5, 5.41) is 11.4. The zero-order valence-corrected chi connectivity index (χ0v) is 15.9. The molecule has 3 aliphatic heterocycles. The fourth-order valence-corrected chi connectivity index (χ4v) is 3.78. The largest absolute Gasteiger partial charge is 0.454 e. The van der Waals surface area contributed by atoms with Crippen molar-refractivity contribution in [3.05, 3.63) is 41.6 Å². The second-order valence-electron chi connectivity index (χ2n) is 7.24. The van der Waals surface area contributed by atoms with Gasteiger partial charge in [0.1, 0.15) is 5.82 Å². The molecule has 0 aliphatic carbocycles. The van der Waals surface area contributed by atoms with E-state index in [0.29, 0.717) is 57.2 Å². The monoisotopic (exact) mass is 398 g/mol. The number of piperidine rings is 1. The molecule has 0 bridgehead atoms. The topological polar surface area (TPSA) is 95.0 Å². The Morgan fingerprint density at radius 3 is 2.59 bits per heavy atom. The van der Waals surface area contributed by atoms with Crippen LogP contribution in [0, 0.1) is 0 Å². The molecule has 0 atom stereocenters. The fraction of sp³-hybridized carbons (Fsp3) is 0.450. The second-order valence-corrected chi connectivity index (χ2v) is 7.24. The molecule has 5 rings (SSSR count). The van der Waals surface area contributed by atoms with E-state index < -0.39 is 5.79 Å². The zero-order chi connectivity index (χ0) is 19.7. The molecule has 9 heteroatoms. The van der Waals surface area contributed by atoms with Crippen LogP contribution in [-0.2, 0) is 16.0 Å². The van der Waals surface area contributed by atoms with Crippen LogP contribution in [-0.4, -0.2) is 59.9 Å². The molecule has 9 nitrogen and oxygen atoms in total. The summed E-state index contributed by atoms with van der Waals surface area (Å²) in [5.41, 5.74) is 1.37. The highest BCUT2D eigenvalue weighted by atomic mass is 16.7. The van der Waals surface area contributed by atoms with Crippen molar-refractivity contribution in [2.75, 3.05) is 38.4 Å². The van der Waals surface area contributed by atoms with Gasteiger partial charge in [0.25, 0.3) is 5.91 Å². The predicted octanol–water partition coefficient (Wildman–Crippen LogP) is 1.80. The second kappa shape index (κ2) is 7.49. The number of carbonyl (C=O) groups excluding carboxylic acids is 1. The van der Waals surface area contributed by atoms with Crippen LogP contribution in [0.3, 0.4) is 0 Å². The molecule has 2 aromatic rings. The number of rotatable bonds is 4. The Labute approximate surface area is 167 Å². The van der Waals surface area contributed by atoms with Gasteiger partial charge in [-0.25, -0.2) is 0 Å². The maximum atomic E-state index is 12.7. The molecule has 152 valence electrons. The van der Waals surface area contributed by atoms with Crippen LogP contribution in [0.5, 0.6) is 11.5 Å². The zero-order valence-electron chi connectivity index (χ0n) is 15.9. The molecular weight excluding hydrogens is 376 g/mol. The third-order valence-corrected chi connectivity index (χ3v) is 5.42. The molecule has 2 saturated heterocycles. The van der Waals surface area contributed by atoms with E-state index in [2.05, 4.69) is 15.5 Å². The number of amides is 1. The number of aromatic nitrogens is 2. The van der Waals surface area contributed by atoms with Gasteiger partial charge in [-0.3, -0.25) is 4.79 Å². The first-order valence-electron chi connectivity index (χ1n) is 9.74. The molecular formula is C20H22N4O5. The fourth-order valence-electron chi connectivity index (χ4n) is 3.78. The SMILES string of the molecule is O=C(c1ccc(NCc2ccc3c(c2)OCO3)nn1)N1CCC2(CC1)OCCO2. The molecule has 1 aromatic heterocycles. The minimum atomic E-state index is -0.495. The number of likely N-dealkylation sites (tertiary alicyclic amines) is 1. The molecule has 0 saturated carbocycles. The van der Waals surface area contributed by atoms with E-state index in [4.69, 9.17) is 18.9 Å². The predicted molar refractivity (Wildman–Crippen MR) is 102 cm³/mol. The van der Waals surface area contributed by atoms with E-state index in [1.807, 2.05) is 18.2 Å². The summed E-state index contributed by atoms with van der Waals surface area (Å²) < 4.78 is 22.1. The first-order chi connectivity index (χ1) is 14.2. The van der Waals surface area contributed by atoms with Crippen LogP contribution in [0.15, 0.2) is 30.3 Å². The Hall–Kier alpha value is -2.91. The number of fused-ring (bicyclic) bond motifs is 1. The average Bonchev–Trinajstić information content (AvgIpc) is 3.42. The number of benzene rings is 1. The Morgan fingerprint density at radius 2 is 1.83 bits per heavy atom. The molecule has 0 unspecified atom stereocenters. The first kappa shape index (κ1) is 18.1. The lowest BCUT2D eigenvalue weighted by atomic mass is 10.0. The highest BCUT2D eigenvalue weighted by Gasteiger charge is 2.41. The van der Waals surface area contributed by atoms with Crippen molar-refractivity contribution in [2.24, 2.45) is 0 Å². The third kappa shape index (κ3) is 3.70. The highest BCUT2D eigenvalue weighted by Crippen LogP contribution is 2.33. The van der Waals surface area contributed by atoms with E-state index in [0.717, 1.165) is 17.1 Å². The summed E-state index contributed by atoms with van der Waals surface area (Å²) in [6.45, 7) is 3.24. The summed E-state index contributed by atoms with van der Waals surface area (Å²) in [6.07, 6.45) is 1.36. The Kier molecular flexibility index (Phi) is 4.69. The smallest absolute Gasteiger partial charge is 0.274 e. The lowest BCUT2D eigenvalue weighted by Gasteiger charge is -2.37. The molecule has 1 aromatic carbocycles. The van der Waals surface area contributed by atoms with Crippen molar-refractivity contribution in [2.45, 2.75) is 25.2 Å². The molecule has 1 N–H and O–H groups in total. The molecule has 4 heterocycles. The molecule has 29 heavy (non-hydrogen) atoms. The molecule has 1 spiro atoms. The maximum Gasteiger partial charge on any atom is 0.274 e. The molecule has 0 radical (unpaired) electrons. The van der Waals surface area contributed by atoms with Crippen molar-refractivity contribution >= 4 is 11.7 Å². The minimum absolute atomic E-state index is 0.118. The van der Waals surface area contributed by atoms with Crippen LogP contribution in [0.4, 0.5) is 5.82 Å². The van der Waals surface area contributed by atoms with Crippen molar-refractivity contribution in [3.8, 4) is 11.5 Å². The van der Waals surface area contributed by atoms with Gasteiger partial charge in [-0.1, -0.05) is 6.07 Å². The van der Waals surface area contributed by atoms with Crippen LogP contribution in [0.25, 0.3) is 0 Å². The molecule has 3 aliphatic rings. The molecule has 1 amide bonds. The van der Waals surface area contributed by atoms with Crippen LogP contribution >= 0.6 is 0 Å². The van der Waals surface area contributed by atoms with Gasteiger partial charge in [0, 0.05) is 32.5 Å². The number of anilines is 1. The van der Waals surface area contributed by atoms with Gasteiger partial charge in [0.2, 0.25) is 6.79 Å². The number of hydrogen-bond donors (Lipinski definition) is 1. The van der Waals surface area contributed by atoms with Crippen LogP contribution in [0.2, 0.25) is 0 Å². The van der Waals surface area contributed by atoms with Crippen molar-refractivity contribution < 1.29 is 23.7 Å². The van der Waals surface area contributed by atoms with Gasteiger partial charge >= 0.3 is 0 Å². The van der Waals surface area contributed by atoms with Gasteiger partial charge in [0.15, 0.2) is 23.0 Å². The normalized spacial score (nSPS) is 19.5. The average molecular weight is 398 g/mol. The Morgan fingerprint density at radius 1 is 1.03 bits per heavy atom. The van der Waals surface area contributed by atoms with Crippen molar-refractivity contribution in [1.82, 2.24) is 15.1 Å². The lowest BCUT2D eigenvalue weighted by molar-refractivity contribution is -0.181. The summed E-state index contributed by atoms with van der Waals surface area (Å²) in [5.74, 6) is 1.49. The summed E-state index contributed by atoms with van der Waals surface area (Å²) in [7, 11) is 0. The summed E-state index contributed by atoms with van der Waals surface area (Å²) in [6, 6.07) is 9.25. The number of hydrogen-bond acceptors (Lipinski definition) is 8. The van der Waals surface area contributed by atoms with Crippen molar-refractivity contribution in [1.29, 1.82) is 0 Å². The van der Waals surface area contributed by atoms with Gasteiger partial charge in [0.05, 0.1) is 13.2 Å². The van der Waals surface area contributed by atoms with E-state index in [-0.39, 0.29) is 12.7 Å². The van der Waals surface area contributed by atoms with Crippen LogP contribution < -0.4 is 14.8 Å². The highest BCUT2D eigenvalue weighted by molar-refractivity contribution is 5.92. The van der Waals surface area contributed by atoms with Crippen LogP contribution in [0.1, 0.15) is 28.9 Å². The molecule has 2 fully saturated rings. The van der Waals surface area contributed by atoms with Gasteiger partial charge in [-0.15, -0.1) is 10.2 Å². The van der Waals surface area contributed by atoms with E-state index in [1.165, 1.54) is 0 Å². The van der Waals surface area contributed by atoms with E-state index >= 15 is 0 Å². The first-order valence-corrected chi connectivity index (χ1v) is 9.74. The number of nitrogens with zero attached hydrogens (tertiary/aromatic N) is 3. The Bertz CT molecular complexity index is 888. The summed E-state index contributed by atoms with van der Waals surface area (Å²) >= 11 is 0.